The van der Waals surface area contributed by atoms with E-state index in [1.807, 2.05) is 6.92 Å². The number of halogens is 1. The van der Waals surface area contributed by atoms with E-state index in [1.165, 1.54) is 0 Å². The van der Waals surface area contributed by atoms with E-state index in [1.54, 1.807) is 19.2 Å². The van der Waals surface area contributed by atoms with Crippen LogP contribution in [0.15, 0.2) is 12.1 Å². The van der Waals surface area contributed by atoms with Crippen LogP contribution in [0, 0.1) is 12.7 Å². The molecule has 0 bridgehead atoms. The molecule has 112 valence electrons. The first-order valence-electron chi connectivity index (χ1n) is 7.12. The minimum atomic E-state index is -0.545. The highest BCUT2D eigenvalue weighted by atomic mass is 19.1. The number of nitrogens with one attached hydrogen (secondary N) is 2. The second-order valence-electron chi connectivity index (χ2n) is 5.19. The molecule has 7 heteroatoms. The van der Waals surface area contributed by atoms with Crippen molar-refractivity contribution in [3.8, 4) is 5.75 Å². The molecule has 2 heterocycles. The van der Waals surface area contributed by atoms with E-state index in [0.717, 1.165) is 24.1 Å². The predicted molar refractivity (Wildman–Crippen MR) is 85.2 cm³/mol. The van der Waals surface area contributed by atoms with E-state index in [4.69, 9.17) is 12.6 Å². The Morgan fingerprint density at radius 1 is 1.32 bits per heavy atom. The summed E-state index contributed by atoms with van der Waals surface area (Å²) >= 11 is 0. The standard InChI is InChI=1S/C15H16BFN4O/c1-8-6-11(18-2)21-15(19-8)20-10-7-9-4-3-5-22-14(9)12(16)13(10)17/h6-7H,3-5H2,1-2H3,(H2,18,19,20,21). The third kappa shape index (κ3) is 2.71. The van der Waals surface area contributed by atoms with Crippen molar-refractivity contribution >= 4 is 30.8 Å². The number of nitrogens with zero attached hydrogens (tertiary/aromatic N) is 2. The first kappa shape index (κ1) is 14.6. The average Bonchev–Trinajstić information content (AvgIpc) is 2.52. The first-order chi connectivity index (χ1) is 10.6. The van der Waals surface area contributed by atoms with E-state index in [2.05, 4.69) is 20.6 Å². The molecule has 2 N–H and O–H groups in total. The van der Waals surface area contributed by atoms with Gasteiger partial charge in [-0.05, 0) is 36.9 Å². The number of ether oxygens (including phenoxy) is 1. The fraction of sp³-hybridized carbons (Fsp3) is 0.333. The molecule has 0 saturated heterocycles. The number of anilines is 3. The molecule has 1 aromatic carbocycles. The normalized spacial score (nSPS) is 13.2. The molecule has 1 aliphatic heterocycles. The van der Waals surface area contributed by atoms with Crippen molar-refractivity contribution in [1.82, 2.24) is 9.97 Å². The minimum absolute atomic E-state index is 0.0289. The molecule has 0 amide bonds. The van der Waals surface area contributed by atoms with Gasteiger partial charge in [0.05, 0.1) is 12.3 Å². The van der Waals surface area contributed by atoms with E-state index in [0.29, 0.717) is 24.1 Å². The molecule has 2 aromatic rings. The Kier molecular flexibility index (Phi) is 3.87. The molecular formula is C15H16BFN4O. The number of rotatable bonds is 3. The minimum Gasteiger partial charge on any atom is -0.494 e. The Hall–Kier alpha value is -2.31. The molecule has 5 nitrogen and oxygen atoms in total. The second kappa shape index (κ2) is 5.83. The smallest absolute Gasteiger partial charge is 0.229 e. The Balaban J connectivity index is 1.99. The van der Waals surface area contributed by atoms with Crippen LogP contribution in [0.4, 0.5) is 21.8 Å². The molecule has 0 atom stereocenters. The summed E-state index contributed by atoms with van der Waals surface area (Å²) < 4.78 is 19.9. The fourth-order valence-electron chi connectivity index (χ4n) is 2.48. The van der Waals surface area contributed by atoms with Crippen molar-refractivity contribution in [3.05, 3.63) is 29.2 Å². The van der Waals surface area contributed by atoms with Crippen LogP contribution in [0.2, 0.25) is 0 Å². The zero-order valence-corrected chi connectivity index (χ0v) is 12.5. The zero-order chi connectivity index (χ0) is 15.7. The molecule has 0 unspecified atom stereocenters. The third-order valence-electron chi connectivity index (χ3n) is 3.52. The number of aromatic nitrogens is 2. The Morgan fingerprint density at radius 3 is 2.91 bits per heavy atom. The van der Waals surface area contributed by atoms with E-state index in [9.17, 15) is 4.39 Å². The largest absolute Gasteiger partial charge is 0.494 e. The van der Waals surface area contributed by atoms with Crippen molar-refractivity contribution in [2.24, 2.45) is 0 Å². The Morgan fingerprint density at radius 2 is 2.14 bits per heavy atom. The van der Waals surface area contributed by atoms with E-state index >= 15 is 0 Å². The SMILES string of the molecule is [B]c1c(F)c(Nc2nc(C)cc(NC)n2)cc2c1OCCC2. The van der Waals surface area contributed by atoms with Crippen LogP contribution in [0.1, 0.15) is 17.7 Å². The monoisotopic (exact) mass is 298 g/mol. The maximum atomic E-state index is 14.4. The molecule has 0 spiro atoms. The van der Waals surface area contributed by atoms with Crippen molar-refractivity contribution < 1.29 is 9.13 Å². The van der Waals surface area contributed by atoms with Gasteiger partial charge < -0.3 is 15.4 Å². The lowest BCUT2D eigenvalue weighted by molar-refractivity contribution is 0.290. The van der Waals surface area contributed by atoms with Crippen molar-refractivity contribution in [2.75, 3.05) is 24.3 Å². The zero-order valence-electron chi connectivity index (χ0n) is 12.5. The van der Waals surface area contributed by atoms with Crippen LogP contribution in [-0.2, 0) is 6.42 Å². The highest BCUT2D eigenvalue weighted by molar-refractivity contribution is 6.35. The van der Waals surface area contributed by atoms with Gasteiger partial charge >= 0.3 is 0 Å². The van der Waals surface area contributed by atoms with Gasteiger partial charge in [0, 0.05) is 18.8 Å². The van der Waals surface area contributed by atoms with Crippen LogP contribution in [-0.4, -0.2) is 31.5 Å². The molecule has 1 aromatic heterocycles. The quantitative estimate of drug-likeness (QED) is 0.847. The highest BCUT2D eigenvalue weighted by Gasteiger charge is 2.19. The van der Waals surface area contributed by atoms with Gasteiger partial charge in [-0.1, -0.05) is 0 Å². The molecule has 2 radical (unpaired) electrons. The summed E-state index contributed by atoms with van der Waals surface area (Å²) in [7, 11) is 7.61. The Bertz CT molecular complexity index is 723. The molecule has 3 rings (SSSR count). The van der Waals surface area contributed by atoms with Gasteiger partial charge in [0.2, 0.25) is 5.95 Å². The van der Waals surface area contributed by atoms with E-state index < -0.39 is 5.82 Å². The molecule has 1 aliphatic rings. The third-order valence-corrected chi connectivity index (χ3v) is 3.52. The fourth-order valence-corrected chi connectivity index (χ4v) is 2.48. The Labute approximate surface area is 129 Å². The van der Waals surface area contributed by atoms with Gasteiger partial charge in [-0.25, -0.2) is 9.37 Å². The maximum Gasteiger partial charge on any atom is 0.229 e. The summed E-state index contributed by atoms with van der Waals surface area (Å²) in [6.45, 7) is 2.41. The van der Waals surface area contributed by atoms with Crippen LogP contribution in [0.5, 0.6) is 5.75 Å². The lowest BCUT2D eigenvalue weighted by Gasteiger charge is -2.22. The molecule has 0 fully saturated rings. The predicted octanol–water partition coefficient (Wildman–Crippen LogP) is 1.83. The molecule has 22 heavy (non-hydrogen) atoms. The van der Waals surface area contributed by atoms with Crippen LogP contribution in [0.3, 0.4) is 0 Å². The molecular weight excluding hydrogens is 282 g/mol. The lowest BCUT2D eigenvalue weighted by atomic mass is 9.89. The lowest BCUT2D eigenvalue weighted by Crippen LogP contribution is -2.22. The van der Waals surface area contributed by atoms with Crippen LogP contribution >= 0.6 is 0 Å². The number of benzene rings is 1. The van der Waals surface area contributed by atoms with Gasteiger partial charge in [0.1, 0.15) is 25.2 Å². The summed E-state index contributed by atoms with van der Waals surface area (Å²) in [5.41, 5.74) is 1.96. The molecule has 0 aliphatic carbocycles. The molecule has 0 saturated carbocycles. The van der Waals surface area contributed by atoms with Gasteiger partial charge in [-0.2, -0.15) is 4.98 Å². The van der Waals surface area contributed by atoms with E-state index in [-0.39, 0.29) is 11.2 Å². The van der Waals surface area contributed by atoms with Crippen molar-refractivity contribution in [2.45, 2.75) is 19.8 Å². The number of hydrogen-bond donors (Lipinski definition) is 2. The average molecular weight is 298 g/mol. The summed E-state index contributed by atoms with van der Waals surface area (Å²) in [6.07, 6.45) is 1.70. The van der Waals surface area contributed by atoms with Gasteiger partial charge in [0.25, 0.3) is 0 Å². The maximum absolute atomic E-state index is 14.4. The van der Waals surface area contributed by atoms with Crippen molar-refractivity contribution in [1.29, 1.82) is 0 Å². The summed E-state index contributed by atoms with van der Waals surface area (Å²) in [5.74, 6) is 0.885. The summed E-state index contributed by atoms with van der Waals surface area (Å²) in [6, 6.07) is 3.52. The second-order valence-corrected chi connectivity index (χ2v) is 5.19. The highest BCUT2D eigenvalue weighted by Crippen LogP contribution is 2.29. The van der Waals surface area contributed by atoms with Crippen LogP contribution < -0.4 is 20.8 Å². The summed E-state index contributed by atoms with van der Waals surface area (Å²) in [4.78, 5) is 8.52. The van der Waals surface area contributed by atoms with Crippen LogP contribution in [0.25, 0.3) is 0 Å². The first-order valence-corrected chi connectivity index (χ1v) is 7.12. The number of fused-ring (bicyclic) bond motifs is 1. The van der Waals surface area contributed by atoms with Gasteiger partial charge in [-0.3, -0.25) is 0 Å². The number of hydrogen-bond acceptors (Lipinski definition) is 5. The van der Waals surface area contributed by atoms with Gasteiger partial charge in [0.15, 0.2) is 0 Å². The van der Waals surface area contributed by atoms with Crippen molar-refractivity contribution in [3.63, 3.8) is 0 Å². The summed E-state index contributed by atoms with van der Waals surface area (Å²) in [5, 5.41) is 5.85. The topological polar surface area (TPSA) is 59.1 Å². The van der Waals surface area contributed by atoms with Gasteiger partial charge in [-0.15, -0.1) is 0 Å². The number of aryl methyl sites for hydroxylation is 2.